The van der Waals surface area contributed by atoms with Gasteiger partial charge in [-0.2, -0.15) is 0 Å². The van der Waals surface area contributed by atoms with Gasteiger partial charge in [-0.05, 0) is 25.1 Å². The lowest BCUT2D eigenvalue weighted by Crippen LogP contribution is -2.27. The van der Waals surface area contributed by atoms with Crippen molar-refractivity contribution in [2.24, 2.45) is 0 Å². The second-order valence-electron chi connectivity index (χ2n) is 4.15. The Morgan fingerprint density at radius 3 is 2.81 bits per heavy atom. The molecule has 110 valence electrons. The molecule has 0 saturated carbocycles. The minimum atomic E-state index is -1.15. The number of aryl methyl sites for hydroxylation is 1. The second-order valence-corrected chi connectivity index (χ2v) is 5.88. The fraction of sp³-hybridized carbons (Fsp3) is 0.154. The molecule has 2 aromatic rings. The van der Waals surface area contributed by atoms with Crippen LogP contribution in [0.4, 0.5) is 10.5 Å². The number of hydrogen-bond acceptors (Lipinski definition) is 4. The molecule has 0 aliphatic rings. The van der Waals surface area contributed by atoms with E-state index in [0.717, 1.165) is 9.88 Å². The van der Waals surface area contributed by atoms with Gasteiger partial charge in [0.05, 0.1) is 22.1 Å². The number of thiazole rings is 1. The third-order valence-corrected chi connectivity index (χ3v) is 3.79. The number of aromatic carboxylic acids is 1. The number of carboxylic acids is 1. The molecule has 6 nitrogen and oxygen atoms in total. The van der Waals surface area contributed by atoms with Gasteiger partial charge in [-0.25, -0.2) is 14.6 Å². The fourth-order valence-corrected chi connectivity index (χ4v) is 2.53. The average molecular weight is 326 g/mol. The summed E-state index contributed by atoms with van der Waals surface area (Å²) in [4.78, 5) is 27.7. The van der Waals surface area contributed by atoms with E-state index in [1.165, 1.54) is 29.5 Å². The number of rotatable bonds is 4. The highest BCUT2D eigenvalue weighted by Crippen LogP contribution is 2.20. The fourth-order valence-electron chi connectivity index (χ4n) is 1.60. The van der Waals surface area contributed by atoms with Crippen LogP contribution in [0.3, 0.4) is 0 Å². The molecule has 0 atom stereocenters. The lowest BCUT2D eigenvalue weighted by molar-refractivity contribution is 0.0697. The first-order valence-electron chi connectivity index (χ1n) is 5.94. The van der Waals surface area contributed by atoms with Gasteiger partial charge in [-0.3, -0.25) is 0 Å². The maximum Gasteiger partial charge on any atom is 0.337 e. The predicted octanol–water partition coefficient (Wildman–Crippen LogP) is 3.12. The lowest BCUT2D eigenvalue weighted by atomic mass is 10.2. The largest absolute Gasteiger partial charge is 0.478 e. The number of aromatic nitrogens is 1. The van der Waals surface area contributed by atoms with Crippen molar-refractivity contribution in [1.29, 1.82) is 0 Å². The van der Waals surface area contributed by atoms with E-state index in [9.17, 15) is 9.59 Å². The van der Waals surface area contributed by atoms with E-state index >= 15 is 0 Å². The van der Waals surface area contributed by atoms with Crippen LogP contribution in [0, 0.1) is 6.92 Å². The van der Waals surface area contributed by atoms with Crippen LogP contribution in [0.5, 0.6) is 0 Å². The summed E-state index contributed by atoms with van der Waals surface area (Å²) in [6.07, 6.45) is 1.70. The number of anilines is 1. The molecule has 21 heavy (non-hydrogen) atoms. The predicted molar refractivity (Wildman–Crippen MR) is 81.1 cm³/mol. The number of carboxylic acid groups (broad SMARTS) is 1. The number of amides is 2. The number of carbonyl (C=O) groups is 2. The Labute approximate surface area is 129 Å². The van der Waals surface area contributed by atoms with Crippen LogP contribution in [0.2, 0.25) is 5.02 Å². The lowest BCUT2D eigenvalue weighted by Gasteiger charge is -2.08. The Morgan fingerprint density at radius 2 is 2.19 bits per heavy atom. The standard InChI is InChI=1S/C13H12ClN3O3S/c1-7-15-5-9(21-7)6-16-13(20)17-8-2-3-11(14)10(4-8)12(18)19/h2-5H,6H2,1H3,(H,18,19)(H2,16,17,20). The van der Waals surface area contributed by atoms with E-state index in [0.29, 0.717) is 12.2 Å². The smallest absolute Gasteiger partial charge is 0.337 e. The third-order valence-electron chi connectivity index (χ3n) is 2.55. The zero-order valence-corrected chi connectivity index (χ0v) is 12.6. The van der Waals surface area contributed by atoms with Crippen molar-refractivity contribution in [3.63, 3.8) is 0 Å². The Kier molecular flexibility index (Phi) is 4.77. The minimum Gasteiger partial charge on any atom is -0.478 e. The van der Waals surface area contributed by atoms with E-state index < -0.39 is 12.0 Å². The van der Waals surface area contributed by atoms with E-state index in [1.54, 1.807) is 6.20 Å². The highest BCUT2D eigenvalue weighted by molar-refractivity contribution is 7.11. The Hall–Kier alpha value is -2.12. The van der Waals surface area contributed by atoms with Crippen molar-refractivity contribution in [2.75, 3.05) is 5.32 Å². The number of nitrogens with zero attached hydrogens (tertiary/aromatic N) is 1. The van der Waals surface area contributed by atoms with Gasteiger partial charge < -0.3 is 15.7 Å². The van der Waals surface area contributed by atoms with Crippen molar-refractivity contribution >= 4 is 40.6 Å². The van der Waals surface area contributed by atoms with Crippen LogP contribution in [-0.4, -0.2) is 22.1 Å². The number of urea groups is 1. The molecule has 0 spiro atoms. The molecule has 8 heteroatoms. The van der Waals surface area contributed by atoms with Crippen LogP contribution in [0.25, 0.3) is 0 Å². The highest BCUT2D eigenvalue weighted by atomic mass is 35.5. The normalized spacial score (nSPS) is 10.2. The van der Waals surface area contributed by atoms with Crippen molar-refractivity contribution < 1.29 is 14.7 Å². The van der Waals surface area contributed by atoms with Gasteiger partial charge in [-0.15, -0.1) is 11.3 Å². The summed E-state index contributed by atoms with van der Waals surface area (Å²) in [6.45, 7) is 2.24. The van der Waals surface area contributed by atoms with E-state index in [2.05, 4.69) is 15.6 Å². The molecule has 1 aromatic heterocycles. The maximum atomic E-state index is 11.7. The molecule has 1 aromatic carbocycles. The summed E-state index contributed by atoms with van der Waals surface area (Å²) < 4.78 is 0. The van der Waals surface area contributed by atoms with Crippen molar-refractivity contribution in [3.05, 3.63) is 44.9 Å². The third kappa shape index (κ3) is 4.17. The molecule has 1 heterocycles. The summed E-state index contributed by atoms with van der Waals surface area (Å²) in [6, 6.07) is 3.83. The molecule has 0 radical (unpaired) electrons. The first kappa shape index (κ1) is 15.3. The van der Waals surface area contributed by atoms with E-state index in [-0.39, 0.29) is 10.6 Å². The van der Waals surface area contributed by atoms with E-state index in [4.69, 9.17) is 16.7 Å². The number of benzene rings is 1. The molecule has 0 saturated heterocycles. The Morgan fingerprint density at radius 1 is 1.43 bits per heavy atom. The molecule has 0 unspecified atom stereocenters. The summed E-state index contributed by atoms with van der Waals surface area (Å²) in [7, 11) is 0. The molecular weight excluding hydrogens is 314 g/mol. The topological polar surface area (TPSA) is 91.3 Å². The first-order valence-corrected chi connectivity index (χ1v) is 7.14. The van der Waals surface area contributed by atoms with Crippen molar-refractivity contribution in [3.8, 4) is 0 Å². The van der Waals surface area contributed by atoms with E-state index in [1.807, 2.05) is 6.92 Å². The summed E-state index contributed by atoms with van der Waals surface area (Å²) in [5, 5.41) is 15.2. The number of hydrogen-bond donors (Lipinski definition) is 3. The van der Waals surface area contributed by atoms with Gasteiger partial charge in [0.15, 0.2) is 0 Å². The monoisotopic (exact) mass is 325 g/mol. The number of halogens is 1. The highest BCUT2D eigenvalue weighted by Gasteiger charge is 2.11. The molecular formula is C13H12ClN3O3S. The van der Waals surface area contributed by atoms with Crippen LogP contribution in [0.15, 0.2) is 24.4 Å². The molecule has 0 fully saturated rings. The number of carbonyl (C=O) groups excluding carboxylic acids is 1. The Balaban J connectivity index is 1.96. The van der Waals surface area contributed by atoms with Crippen LogP contribution < -0.4 is 10.6 Å². The number of nitrogens with one attached hydrogen (secondary N) is 2. The van der Waals surface area contributed by atoms with Gasteiger partial charge in [0.1, 0.15) is 0 Å². The molecule has 0 bridgehead atoms. The zero-order chi connectivity index (χ0) is 15.4. The van der Waals surface area contributed by atoms with Gasteiger partial charge in [0, 0.05) is 16.8 Å². The average Bonchev–Trinajstić information content (AvgIpc) is 2.84. The first-order chi connectivity index (χ1) is 9.95. The van der Waals surface area contributed by atoms with Gasteiger partial charge in [0.2, 0.25) is 0 Å². The second kappa shape index (κ2) is 6.55. The summed E-state index contributed by atoms with van der Waals surface area (Å²) in [5.41, 5.74) is 0.294. The van der Waals surface area contributed by atoms with Gasteiger partial charge >= 0.3 is 12.0 Å². The van der Waals surface area contributed by atoms with Gasteiger partial charge in [-0.1, -0.05) is 11.6 Å². The SMILES string of the molecule is Cc1ncc(CNC(=O)Nc2ccc(Cl)c(C(=O)O)c2)s1. The van der Waals surface area contributed by atoms with Crippen molar-refractivity contribution in [2.45, 2.75) is 13.5 Å². The Bertz CT molecular complexity index is 687. The molecule has 3 N–H and O–H groups in total. The summed E-state index contributed by atoms with van der Waals surface area (Å²) >= 11 is 7.25. The summed E-state index contributed by atoms with van der Waals surface area (Å²) in [5.74, 6) is -1.15. The van der Waals surface area contributed by atoms with Crippen molar-refractivity contribution in [1.82, 2.24) is 10.3 Å². The minimum absolute atomic E-state index is 0.0625. The zero-order valence-electron chi connectivity index (χ0n) is 11.0. The van der Waals surface area contributed by atoms with Crippen LogP contribution >= 0.6 is 22.9 Å². The van der Waals surface area contributed by atoms with Crippen LogP contribution in [-0.2, 0) is 6.54 Å². The van der Waals surface area contributed by atoms with Crippen LogP contribution in [0.1, 0.15) is 20.2 Å². The quantitative estimate of drug-likeness (QED) is 0.805. The van der Waals surface area contributed by atoms with Gasteiger partial charge in [0.25, 0.3) is 0 Å². The molecule has 0 aliphatic carbocycles. The molecule has 2 amide bonds. The maximum absolute atomic E-state index is 11.7. The molecule has 0 aliphatic heterocycles. The molecule has 2 rings (SSSR count).